The number of nitrogens with zero attached hydrogens (tertiary/aromatic N) is 5. The van der Waals surface area contributed by atoms with Crippen molar-refractivity contribution >= 4 is 45.4 Å². The molecule has 0 fully saturated rings. The Hall–Kier alpha value is -1.35. The number of aryl methyl sites for hydroxylation is 1. The van der Waals surface area contributed by atoms with Crippen LogP contribution in [0.2, 0.25) is 0 Å². The molecule has 3 aromatic rings. The van der Waals surface area contributed by atoms with E-state index in [0.29, 0.717) is 19.6 Å². The highest BCUT2D eigenvalue weighted by molar-refractivity contribution is 14.2. The molecule has 0 aliphatic heterocycles. The van der Waals surface area contributed by atoms with Crippen LogP contribution in [0.1, 0.15) is 11.4 Å². The number of ether oxygens (including phenoxy) is 1. The minimum absolute atomic E-state index is 0.00362. The first kappa shape index (κ1) is 17.5. The molecule has 0 amide bonds. The third-order valence-corrected chi connectivity index (χ3v) is 5.55. The monoisotopic (exact) mass is 457 g/mol. The number of halogens is 1. The maximum absolute atomic E-state index is 8.87. The van der Waals surface area contributed by atoms with Crippen LogP contribution in [0.25, 0.3) is 28.2 Å². The Kier molecular flexibility index (Phi) is 5.60. The van der Waals surface area contributed by atoms with Crippen LogP contribution in [0.4, 0.5) is 0 Å². The summed E-state index contributed by atoms with van der Waals surface area (Å²) >= 11 is 2.29. The maximum atomic E-state index is 8.87. The number of fused-ring (bicyclic) bond motifs is 1. The Morgan fingerprint density at radius 3 is 3.00 bits per heavy atom. The molecule has 0 saturated carbocycles. The smallest absolute Gasteiger partial charge is 0.0928 e. The average molecular weight is 457 g/mol. The number of hydrogen-bond acceptors (Lipinski definition) is 5. The molecule has 0 aromatic carbocycles. The van der Waals surface area contributed by atoms with Crippen LogP contribution in [-0.2, 0) is 18.4 Å². The minimum atomic E-state index is -0.00362. The highest BCUT2D eigenvalue weighted by atomic mass is 127. The molecule has 24 heavy (non-hydrogen) atoms. The van der Waals surface area contributed by atoms with Gasteiger partial charge < -0.3 is 9.84 Å². The van der Waals surface area contributed by atoms with Crippen molar-refractivity contribution in [1.82, 2.24) is 24.3 Å². The lowest BCUT2D eigenvalue weighted by atomic mass is 10.1. The van der Waals surface area contributed by atoms with E-state index >= 15 is 0 Å². The molecule has 1 unspecified atom stereocenters. The van der Waals surface area contributed by atoms with Crippen LogP contribution < -0.4 is 0 Å². The average Bonchev–Trinajstić information content (AvgIpc) is 3.15. The summed E-state index contributed by atoms with van der Waals surface area (Å²) in [6.07, 6.45) is 5.87. The second-order valence-electron chi connectivity index (χ2n) is 5.08. The van der Waals surface area contributed by atoms with E-state index in [4.69, 9.17) is 9.84 Å². The second kappa shape index (κ2) is 7.69. The summed E-state index contributed by atoms with van der Waals surface area (Å²) in [5, 5.41) is 18.7. The molecule has 0 bridgehead atoms. The summed E-state index contributed by atoms with van der Waals surface area (Å²) in [5.74, 6) is 0. The summed E-state index contributed by atoms with van der Waals surface area (Å²) < 4.78 is 9.15. The predicted molar refractivity (Wildman–Crippen MR) is 104 cm³/mol. The Bertz CT molecular complexity index is 876. The Labute approximate surface area is 154 Å². The van der Waals surface area contributed by atoms with E-state index in [2.05, 4.69) is 43.8 Å². The van der Waals surface area contributed by atoms with E-state index in [1.807, 2.05) is 23.8 Å². The van der Waals surface area contributed by atoms with Gasteiger partial charge >= 0.3 is 0 Å². The van der Waals surface area contributed by atoms with Crippen LogP contribution in [0.15, 0.2) is 25.0 Å². The second-order valence-corrected chi connectivity index (χ2v) is 7.12. The zero-order valence-electron chi connectivity index (χ0n) is 13.1. The molecule has 0 aliphatic rings. The van der Waals surface area contributed by atoms with E-state index < -0.39 is 0 Å². The number of aromatic nitrogens is 5. The number of aliphatic hydroxyl groups excluding tert-OH is 1. The molecule has 7 nitrogen and oxygen atoms in total. The molecule has 3 heterocycles. The molecule has 0 radical (unpaired) electrons. The summed E-state index contributed by atoms with van der Waals surface area (Å²) in [7, 11) is 1.87. The molecule has 3 rings (SSSR count). The van der Waals surface area contributed by atoms with Gasteiger partial charge in [-0.2, -0.15) is 10.2 Å². The fourth-order valence-electron chi connectivity index (χ4n) is 2.48. The van der Waals surface area contributed by atoms with Crippen molar-refractivity contribution in [3.63, 3.8) is 0 Å². The minimum Gasteiger partial charge on any atom is -0.394 e. The lowest BCUT2D eigenvalue weighted by Crippen LogP contribution is -2.05. The van der Waals surface area contributed by atoms with Gasteiger partial charge in [-0.1, -0.05) is 6.58 Å². The molecular formula is C15H17IN5O2P. The van der Waals surface area contributed by atoms with Gasteiger partial charge in [0.2, 0.25) is 0 Å². The molecule has 3 aromatic heterocycles. The fraction of sp³-hybridized carbons (Fsp3) is 0.267. The third-order valence-electron chi connectivity index (χ3n) is 3.68. The fourth-order valence-corrected chi connectivity index (χ4v) is 4.00. The van der Waals surface area contributed by atoms with E-state index in [1.54, 1.807) is 17.0 Å². The van der Waals surface area contributed by atoms with E-state index in [9.17, 15) is 0 Å². The molecule has 126 valence electrons. The Balaban J connectivity index is 2.05. The van der Waals surface area contributed by atoms with Gasteiger partial charge in [-0.05, 0) is 34.2 Å². The molecule has 9 heteroatoms. The molecular weight excluding hydrogens is 440 g/mol. The largest absolute Gasteiger partial charge is 0.394 e. The molecule has 1 N–H and O–H groups in total. The first-order chi connectivity index (χ1) is 11.7. The van der Waals surface area contributed by atoms with Crippen molar-refractivity contribution in [3.8, 4) is 11.3 Å². The molecule has 0 saturated heterocycles. The van der Waals surface area contributed by atoms with Gasteiger partial charge in [0, 0.05) is 18.0 Å². The lowest BCUT2D eigenvalue weighted by Gasteiger charge is -2.07. The number of hydrogen-bond donors (Lipinski definition) is 1. The third kappa shape index (κ3) is 3.23. The van der Waals surface area contributed by atoms with Gasteiger partial charge in [-0.15, -0.1) is 0 Å². The summed E-state index contributed by atoms with van der Waals surface area (Å²) in [6.45, 7) is 4.51. The van der Waals surface area contributed by atoms with Gasteiger partial charge in [-0.25, -0.2) is 4.45 Å². The van der Waals surface area contributed by atoms with E-state index in [-0.39, 0.29) is 6.61 Å². The predicted octanol–water partition coefficient (Wildman–Crippen LogP) is 2.78. The van der Waals surface area contributed by atoms with Gasteiger partial charge in [0.1, 0.15) is 0 Å². The van der Waals surface area contributed by atoms with Crippen LogP contribution in [0, 0.1) is 0 Å². The van der Waals surface area contributed by atoms with Crippen molar-refractivity contribution in [2.24, 2.45) is 7.05 Å². The van der Waals surface area contributed by atoms with Crippen molar-refractivity contribution in [2.45, 2.75) is 6.61 Å². The SMILES string of the molecule is C=Cc1nn(PI)c2cnc(-c3cnn(C)c3COCCO)cc12. The van der Waals surface area contributed by atoms with Gasteiger partial charge in [0.15, 0.2) is 0 Å². The highest BCUT2D eigenvalue weighted by Crippen LogP contribution is 2.33. The molecule has 1 atom stereocenters. The van der Waals surface area contributed by atoms with Crippen LogP contribution in [0.5, 0.6) is 0 Å². The Morgan fingerprint density at radius 2 is 2.29 bits per heavy atom. The number of aliphatic hydroxyl groups is 1. The van der Waals surface area contributed by atoms with Crippen LogP contribution >= 0.6 is 28.4 Å². The van der Waals surface area contributed by atoms with E-state index in [0.717, 1.165) is 33.5 Å². The zero-order chi connectivity index (χ0) is 17.1. The highest BCUT2D eigenvalue weighted by Gasteiger charge is 2.15. The normalized spacial score (nSPS) is 11.8. The maximum Gasteiger partial charge on any atom is 0.0928 e. The van der Waals surface area contributed by atoms with Gasteiger partial charge in [-0.3, -0.25) is 9.67 Å². The first-order valence-corrected chi connectivity index (χ1v) is 11.3. The lowest BCUT2D eigenvalue weighted by molar-refractivity contribution is 0.0782. The standard InChI is InChI=1S/C15H17IN5O2P/c1-3-12-10-6-13(17-8-14(10)21(19-12)24-16)11-7-18-20(2)15(11)9-23-5-4-22/h3,6-8,22,24H,1,4-5,9H2,2H3. The van der Waals surface area contributed by atoms with Gasteiger partial charge in [0.25, 0.3) is 0 Å². The van der Waals surface area contributed by atoms with Crippen molar-refractivity contribution in [2.75, 3.05) is 13.2 Å². The quantitative estimate of drug-likeness (QED) is 0.336. The molecule has 0 spiro atoms. The first-order valence-electron chi connectivity index (χ1n) is 7.27. The molecule has 0 aliphatic carbocycles. The number of pyridine rings is 1. The van der Waals surface area contributed by atoms with Crippen LogP contribution in [-0.4, -0.2) is 42.6 Å². The summed E-state index contributed by atoms with van der Waals surface area (Å²) in [4.78, 5) is 4.58. The van der Waals surface area contributed by atoms with Crippen LogP contribution in [0.3, 0.4) is 0 Å². The van der Waals surface area contributed by atoms with Crippen molar-refractivity contribution < 1.29 is 9.84 Å². The zero-order valence-corrected chi connectivity index (χ0v) is 16.3. The van der Waals surface area contributed by atoms with Crippen molar-refractivity contribution in [1.29, 1.82) is 0 Å². The Morgan fingerprint density at radius 1 is 1.46 bits per heavy atom. The topological polar surface area (TPSA) is 78.0 Å². The number of rotatable bonds is 7. The van der Waals surface area contributed by atoms with Gasteiger partial charge in [0.05, 0.1) is 61.2 Å². The summed E-state index contributed by atoms with van der Waals surface area (Å²) in [5.41, 5.74) is 4.48. The summed E-state index contributed by atoms with van der Waals surface area (Å²) in [6, 6.07) is 2.01. The van der Waals surface area contributed by atoms with Crippen molar-refractivity contribution in [3.05, 3.63) is 36.4 Å². The van der Waals surface area contributed by atoms with E-state index in [1.165, 1.54) is 0 Å².